The number of carbonyl (C=O) groups is 1. The van der Waals surface area contributed by atoms with Crippen LogP contribution in [0.15, 0.2) is 48.7 Å². The first-order valence-electron chi connectivity index (χ1n) is 5.76. The molecule has 1 N–H and O–H groups in total. The molecule has 2 rings (SSSR count). The first-order chi connectivity index (χ1) is 9.15. The number of aromatic nitrogens is 1. The Labute approximate surface area is 111 Å². The number of carboxylic acids is 1. The van der Waals surface area contributed by atoms with Crippen LogP contribution < -0.4 is 4.74 Å². The van der Waals surface area contributed by atoms with E-state index < -0.39 is 5.97 Å². The molecule has 0 saturated carbocycles. The fourth-order valence-electron chi connectivity index (χ4n) is 1.49. The molecule has 1 aromatic carbocycles. The maximum atomic E-state index is 10.5. The average molecular weight is 255 g/mol. The van der Waals surface area contributed by atoms with Gasteiger partial charge >= 0.3 is 5.97 Å². The summed E-state index contributed by atoms with van der Waals surface area (Å²) in [5, 5.41) is 8.64. The van der Waals surface area contributed by atoms with Crippen LogP contribution in [-0.4, -0.2) is 16.1 Å². The maximum absolute atomic E-state index is 10.5. The third kappa shape index (κ3) is 3.67. The number of hydrogen-bond acceptors (Lipinski definition) is 3. The van der Waals surface area contributed by atoms with E-state index in [9.17, 15) is 4.79 Å². The summed E-state index contributed by atoms with van der Waals surface area (Å²) in [5.74, 6) is 0.0308. The Morgan fingerprint density at radius 1 is 1.26 bits per heavy atom. The van der Waals surface area contributed by atoms with Crippen molar-refractivity contribution in [2.75, 3.05) is 0 Å². The van der Waals surface area contributed by atoms with Gasteiger partial charge < -0.3 is 9.84 Å². The van der Waals surface area contributed by atoms with Gasteiger partial charge in [0.05, 0.1) is 0 Å². The van der Waals surface area contributed by atoms with Crippen LogP contribution in [0.1, 0.15) is 11.1 Å². The molecule has 0 fully saturated rings. The van der Waals surface area contributed by atoms with Crippen molar-refractivity contribution in [1.29, 1.82) is 0 Å². The summed E-state index contributed by atoms with van der Waals surface area (Å²) in [7, 11) is 0. The Morgan fingerprint density at radius 2 is 2.00 bits per heavy atom. The van der Waals surface area contributed by atoms with E-state index in [0.29, 0.717) is 17.2 Å². The van der Waals surface area contributed by atoms with E-state index in [4.69, 9.17) is 9.84 Å². The molecule has 0 spiro atoms. The second kappa shape index (κ2) is 5.82. The second-order valence-corrected chi connectivity index (χ2v) is 3.98. The van der Waals surface area contributed by atoms with Crippen molar-refractivity contribution in [2.45, 2.75) is 6.92 Å². The Hall–Kier alpha value is -2.62. The summed E-state index contributed by atoms with van der Waals surface area (Å²) in [6.07, 6.45) is 4.11. The third-order valence-corrected chi connectivity index (χ3v) is 2.44. The molecule has 2 aromatic rings. The van der Waals surface area contributed by atoms with Gasteiger partial charge in [-0.05, 0) is 37.3 Å². The summed E-state index contributed by atoms with van der Waals surface area (Å²) >= 11 is 0. The highest BCUT2D eigenvalue weighted by atomic mass is 16.5. The zero-order chi connectivity index (χ0) is 13.7. The number of rotatable bonds is 4. The van der Waals surface area contributed by atoms with Crippen molar-refractivity contribution >= 4 is 12.0 Å². The predicted molar refractivity (Wildman–Crippen MR) is 72.2 cm³/mol. The van der Waals surface area contributed by atoms with E-state index in [0.717, 1.165) is 11.6 Å². The van der Waals surface area contributed by atoms with E-state index in [-0.39, 0.29) is 0 Å². The van der Waals surface area contributed by atoms with E-state index >= 15 is 0 Å². The van der Waals surface area contributed by atoms with E-state index in [2.05, 4.69) is 4.98 Å². The highest BCUT2D eigenvalue weighted by Crippen LogP contribution is 2.23. The smallest absolute Gasteiger partial charge is 0.328 e. The van der Waals surface area contributed by atoms with Crippen molar-refractivity contribution in [3.8, 4) is 11.6 Å². The minimum absolute atomic E-state index is 0.379. The van der Waals surface area contributed by atoms with Gasteiger partial charge in [-0.25, -0.2) is 9.78 Å². The fourth-order valence-corrected chi connectivity index (χ4v) is 1.49. The number of benzene rings is 1. The van der Waals surface area contributed by atoms with Crippen molar-refractivity contribution in [1.82, 2.24) is 4.98 Å². The van der Waals surface area contributed by atoms with Crippen LogP contribution in [0.3, 0.4) is 0 Å². The first-order valence-corrected chi connectivity index (χ1v) is 5.76. The maximum Gasteiger partial charge on any atom is 0.328 e. The lowest BCUT2D eigenvalue weighted by atomic mass is 10.2. The van der Waals surface area contributed by atoms with Gasteiger partial charge in [-0.1, -0.05) is 17.7 Å². The van der Waals surface area contributed by atoms with Crippen LogP contribution in [0.5, 0.6) is 11.6 Å². The first kappa shape index (κ1) is 12.8. The fraction of sp³-hybridized carbons (Fsp3) is 0.0667. The highest BCUT2D eigenvalue weighted by Gasteiger charge is 2.03. The number of aliphatic carboxylic acids is 1. The summed E-state index contributed by atoms with van der Waals surface area (Å²) in [5.41, 5.74) is 1.75. The summed E-state index contributed by atoms with van der Waals surface area (Å²) < 4.78 is 5.64. The van der Waals surface area contributed by atoms with Gasteiger partial charge in [0, 0.05) is 17.8 Å². The molecule has 19 heavy (non-hydrogen) atoms. The lowest BCUT2D eigenvalue weighted by molar-refractivity contribution is -0.131. The van der Waals surface area contributed by atoms with Crippen LogP contribution >= 0.6 is 0 Å². The molecule has 0 amide bonds. The molecule has 0 aliphatic carbocycles. The van der Waals surface area contributed by atoms with Gasteiger partial charge in [-0.15, -0.1) is 0 Å². The molecule has 0 saturated heterocycles. The van der Waals surface area contributed by atoms with Crippen molar-refractivity contribution in [3.63, 3.8) is 0 Å². The normalized spacial score (nSPS) is 10.6. The van der Waals surface area contributed by atoms with Crippen LogP contribution in [0, 0.1) is 6.92 Å². The molecule has 4 heteroatoms. The number of ether oxygens (including phenoxy) is 1. The third-order valence-electron chi connectivity index (χ3n) is 2.44. The zero-order valence-corrected chi connectivity index (χ0v) is 10.4. The molecule has 1 heterocycles. The molecule has 0 bridgehead atoms. The zero-order valence-electron chi connectivity index (χ0n) is 10.4. The molecular weight excluding hydrogens is 242 g/mol. The van der Waals surface area contributed by atoms with Gasteiger partial charge in [-0.3, -0.25) is 0 Å². The van der Waals surface area contributed by atoms with Gasteiger partial charge in [0.25, 0.3) is 0 Å². The predicted octanol–water partition coefficient (Wildman–Crippen LogP) is 3.28. The Morgan fingerprint density at radius 3 is 2.68 bits per heavy atom. The minimum atomic E-state index is -1.01. The van der Waals surface area contributed by atoms with Gasteiger partial charge in [0.2, 0.25) is 5.88 Å². The molecule has 96 valence electrons. The number of hydrogen-bond donors (Lipinski definition) is 1. The van der Waals surface area contributed by atoms with E-state index in [1.165, 1.54) is 6.08 Å². The molecule has 1 aromatic heterocycles. The van der Waals surface area contributed by atoms with Crippen molar-refractivity contribution in [3.05, 3.63) is 59.8 Å². The summed E-state index contributed by atoms with van der Waals surface area (Å²) in [4.78, 5) is 14.6. The average Bonchev–Trinajstić information content (AvgIpc) is 2.40. The summed E-state index contributed by atoms with van der Waals surface area (Å²) in [6.45, 7) is 1.99. The van der Waals surface area contributed by atoms with E-state index in [1.54, 1.807) is 18.3 Å². The monoisotopic (exact) mass is 255 g/mol. The molecule has 0 unspecified atom stereocenters. The van der Waals surface area contributed by atoms with E-state index in [1.807, 2.05) is 31.2 Å². The molecule has 0 radical (unpaired) electrons. The molecule has 0 aliphatic rings. The molecule has 0 atom stereocenters. The number of carboxylic acid groups (broad SMARTS) is 1. The topological polar surface area (TPSA) is 59.4 Å². The number of pyridine rings is 1. The highest BCUT2D eigenvalue weighted by molar-refractivity contribution is 5.85. The van der Waals surface area contributed by atoms with Crippen molar-refractivity contribution < 1.29 is 14.6 Å². The van der Waals surface area contributed by atoms with Gasteiger partial charge in [-0.2, -0.15) is 0 Å². The Kier molecular flexibility index (Phi) is 3.93. The molecule has 4 nitrogen and oxygen atoms in total. The van der Waals surface area contributed by atoms with Crippen LogP contribution in [0.2, 0.25) is 0 Å². The number of aryl methyl sites for hydroxylation is 1. The van der Waals surface area contributed by atoms with Gasteiger partial charge in [0.1, 0.15) is 5.75 Å². The molecular formula is C15H13NO3. The lowest BCUT2D eigenvalue weighted by Gasteiger charge is -2.07. The minimum Gasteiger partial charge on any atom is -0.478 e. The van der Waals surface area contributed by atoms with Crippen LogP contribution in [0.4, 0.5) is 0 Å². The van der Waals surface area contributed by atoms with Crippen molar-refractivity contribution in [2.24, 2.45) is 0 Å². The Balaban J connectivity index is 2.24. The summed E-state index contributed by atoms with van der Waals surface area (Å²) in [6, 6.07) is 11.0. The quantitative estimate of drug-likeness (QED) is 0.852. The largest absolute Gasteiger partial charge is 0.478 e. The standard InChI is InChI=1S/C15H13NO3/c1-11-4-7-13(8-5-11)19-15-12(3-2-10-16-15)6-9-14(17)18/h2-10H,1H3,(H,17,18)/b9-6+. The Bertz CT molecular complexity index is 603. The SMILES string of the molecule is Cc1ccc(Oc2ncccc2/C=C/C(=O)O)cc1. The van der Waals surface area contributed by atoms with Crippen LogP contribution in [-0.2, 0) is 4.79 Å². The second-order valence-electron chi connectivity index (χ2n) is 3.98. The number of nitrogens with zero attached hydrogens (tertiary/aromatic N) is 1. The lowest BCUT2D eigenvalue weighted by Crippen LogP contribution is -1.92. The van der Waals surface area contributed by atoms with Gasteiger partial charge in [0.15, 0.2) is 0 Å². The molecule has 0 aliphatic heterocycles. The van der Waals surface area contributed by atoms with Crippen LogP contribution in [0.25, 0.3) is 6.08 Å².